The number of nitrogens with zero attached hydrogens (tertiary/aromatic N) is 1. The van der Waals surface area contributed by atoms with Crippen LogP contribution < -0.4 is 0 Å². The van der Waals surface area contributed by atoms with Gasteiger partial charge in [-0.15, -0.1) is 0 Å². The molecule has 0 bridgehead atoms. The second-order valence-electron chi connectivity index (χ2n) is 9.29. The van der Waals surface area contributed by atoms with E-state index in [9.17, 15) is 29.1 Å². The number of imide groups is 1. The van der Waals surface area contributed by atoms with Gasteiger partial charge in [-0.3, -0.25) is 28.9 Å². The zero-order valence-corrected chi connectivity index (χ0v) is 18.5. The van der Waals surface area contributed by atoms with Gasteiger partial charge in [0, 0.05) is 29.2 Å². The molecule has 1 saturated heterocycles. The number of benzene rings is 1. The number of phenolic OH excluding ortho intramolecular Hbond substituents is 1. The summed E-state index contributed by atoms with van der Waals surface area (Å²) < 4.78 is 0. The Balaban J connectivity index is 1.61. The van der Waals surface area contributed by atoms with E-state index >= 15 is 0 Å². The molecule has 2 N–H and O–H groups in total. The van der Waals surface area contributed by atoms with Crippen molar-refractivity contribution in [2.45, 2.75) is 32.1 Å². The van der Waals surface area contributed by atoms with Gasteiger partial charge in [0.15, 0.2) is 11.6 Å². The minimum absolute atomic E-state index is 0.0652. The van der Waals surface area contributed by atoms with Gasteiger partial charge in [0.2, 0.25) is 11.8 Å². The van der Waals surface area contributed by atoms with Gasteiger partial charge in [-0.2, -0.15) is 0 Å². The third-order valence-corrected chi connectivity index (χ3v) is 7.43. The number of Topliss-reactive ketones (excluding diaryl/α,β-unsaturated/α-hetero) is 1. The Kier molecular flexibility index (Phi) is 5.11. The van der Waals surface area contributed by atoms with Gasteiger partial charge in [0.25, 0.3) is 0 Å². The molecule has 1 heterocycles. The van der Waals surface area contributed by atoms with E-state index in [2.05, 4.69) is 0 Å². The Labute approximate surface area is 195 Å². The number of ketones is 2. The predicted molar refractivity (Wildman–Crippen MR) is 118 cm³/mol. The topological polar surface area (TPSA) is 129 Å². The van der Waals surface area contributed by atoms with Gasteiger partial charge in [0.1, 0.15) is 5.75 Å². The monoisotopic (exact) mass is 461 g/mol. The van der Waals surface area contributed by atoms with Crippen LogP contribution >= 0.6 is 0 Å². The lowest BCUT2D eigenvalue weighted by molar-refractivity contribution is -0.142. The number of carboxylic acids is 1. The third kappa shape index (κ3) is 3.24. The van der Waals surface area contributed by atoms with Crippen LogP contribution in [0.25, 0.3) is 0 Å². The summed E-state index contributed by atoms with van der Waals surface area (Å²) in [7, 11) is 0. The number of hydrogen-bond acceptors (Lipinski definition) is 6. The molecule has 4 atom stereocenters. The molecular weight excluding hydrogens is 438 g/mol. The van der Waals surface area contributed by atoms with Crippen LogP contribution in [0.4, 0.5) is 0 Å². The molecule has 0 radical (unpaired) electrons. The lowest BCUT2D eigenvalue weighted by atomic mass is 9.59. The van der Waals surface area contributed by atoms with Crippen molar-refractivity contribution in [2.24, 2.45) is 17.8 Å². The average Bonchev–Trinajstić information content (AvgIpc) is 3.05. The Morgan fingerprint density at radius 3 is 2.44 bits per heavy atom. The highest BCUT2D eigenvalue weighted by Gasteiger charge is 2.56. The van der Waals surface area contributed by atoms with E-state index in [-0.39, 0.29) is 42.6 Å². The van der Waals surface area contributed by atoms with Crippen LogP contribution in [-0.4, -0.2) is 51.0 Å². The zero-order chi connectivity index (χ0) is 24.3. The van der Waals surface area contributed by atoms with Crippen LogP contribution in [0.2, 0.25) is 0 Å². The summed E-state index contributed by atoms with van der Waals surface area (Å²) in [6.45, 7) is 1.41. The van der Waals surface area contributed by atoms with E-state index in [4.69, 9.17) is 5.11 Å². The molecule has 8 heteroatoms. The number of hydrogen-bond donors (Lipinski definition) is 2. The van der Waals surface area contributed by atoms with Gasteiger partial charge in [0.05, 0.1) is 18.3 Å². The highest BCUT2D eigenvalue weighted by molar-refractivity contribution is 6.23. The number of rotatable bonds is 4. The average molecular weight is 461 g/mol. The van der Waals surface area contributed by atoms with Crippen molar-refractivity contribution in [3.05, 3.63) is 64.3 Å². The standard InChI is InChI=1S/C26H23NO7/c1-12-10-19(29)23-18(24(12)32)11-17-15(21(23)13-2-4-14(28)5-3-13)6-7-16-22(17)26(34)27(25(16)33)9-8-20(30)31/h2-6,10,16-17,21-22,28H,7-9,11H2,1H3,(H,30,31). The first-order chi connectivity index (χ1) is 16.2. The fourth-order valence-electron chi connectivity index (χ4n) is 5.92. The number of aliphatic carboxylic acids is 1. The van der Waals surface area contributed by atoms with Crippen LogP contribution in [0, 0.1) is 17.8 Å². The van der Waals surface area contributed by atoms with Crippen LogP contribution in [-0.2, 0) is 24.0 Å². The Morgan fingerprint density at radius 2 is 1.76 bits per heavy atom. The smallest absolute Gasteiger partial charge is 0.305 e. The number of carboxylic acid groups (broad SMARTS) is 1. The van der Waals surface area contributed by atoms with Crippen LogP contribution in [0.3, 0.4) is 0 Å². The maximum atomic E-state index is 13.3. The largest absolute Gasteiger partial charge is 0.508 e. The highest BCUT2D eigenvalue weighted by atomic mass is 16.4. The Hall–Kier alpha value is -3.81. The number of aromatic hydroxyl groups is 1. The minimum atomic E-state index is -1.09. The molecule has 0 spiro atoms. The van der Waals surface area contributed by atoms with Crippen molar-refractivity contribution in [2.75, 3.05) is 6.54 Å². The van der Waals surface area contributed by atoms with E-state index < -0.39 is 35.5 Å². The zero-order valence-electron chi connectivity index (χ0n) is 18.5. The van der Waals surface area contributed by atoms with Crippen molar-refractivity contribution in [1.29, 1.82) is 0 Å². The van der Waals surface area contributed by atoms with Gasteiger partial charge < -0.3 is 10.2 Å². The van der Waals surface area contributed by atoms with Crippen molar-refractivity contribution >= 4 is 29.4 Å². The second-order valence-corrected chi connectivity index (χ2v) is 9.29. The van der Waals surface area contributed by atoms with Crippen LogP contribution in [0.15, 0.2) is 58.7 Å². The molecule has 2 amide bonds. The Morgan fingerprint density at radius 1 is 1.06 bits per heavy atom. The van der Waals surface area contributed by atoms with E-state index in [0.717, 1.165) is 10.5 Å². The number of carbonyl (C=O) groups excluding carboxylic acids is 4. The van der Waals surface area contributed by atoms with E-state index in [1.807, 2.05) is 6.08 Å². The third-order valence-electron chi connectivity index (χ3n) is 7.43. The molecule has 8 nitrogen and oxygen atoms in total. The first-order valence-electron chi connectivity index (χ1n) is 11.2. The van der Waals surface area contributed by atoms with E-state index in [1.165, 1.54) is 18.2 Å². The molecule has 3 aliphatic carbocycles. The predicted octanol–water partition coefficient (Wildman–Crippen LogP) is 2.30. The highest BCUT2D eigenvalue weighted by Crippen LogP contribution is 2.55. The van der Waals surface area contributed by atoms with Crippen molar-refractivity contribution in [3.8, 4) is 5.75 Å². The molecule has 1 aromatic carbocycles. The molecule has 0 saturated carbocycles. The fourth-order valence-corrected chi connectivity index (χ4v) is 5.92. The number of carbonyl (C=O) groups is 5. The molecule has 4 aliphatic rings. The minimum Gasteiger partial charge on any atom is -0.508 e. The fraction of sp³-hybridized carbons (Fsp3) is 0.346. The second kappa shape index (κ2) is 7.90. The van der Waals surface area contributed by atoms with Crippen molar-refractivity contribution in [3.63, 3.8) is 0 Å². The van der Waals surface area contributed by atoms with Crippen LogP contribution in [0.1, 0.15) is 37.7 Å². The molecular formula is C26H23NO7. The first kappa shape index (κ1) is 22.0. The molecule has 0 aromatic heterocycles. The maximum Gasteiger partial charge on any atom is 0.305 e. The van der Waals surface area contributed by atoms with E-state index in [0.29, 0.717) is 28.7 Å². The molecule has 1 fully saturated rings. The van der Waals surface area contributed by atoms with Crippen molar-refractivity contribution in [1.82, 2.24) is 4.90 Å². The summed E-state index contributed by atoms with van der Waals surface area (Å²) in [5.74, 6) is -4.64. The van der Waals surface area contributed by atoms with Crippen molar-refractivity contribution < 1.29 is 34.2 Å². The van der Waals surface area contributed by atoms with E-state index in [1.54, 1.807) is 19.1 Å². The summed E-state index contributed by atoms with van der Waals surface area (Å²) >= 11 is 0. The number of phenols is 1. The quantitative estimate of drug-likeness (QED) is 0.400. The summed E-state index contributed by atoms with van der Waals surface area (Å²) in [5.41, 5.74) is 2.64. The molecule has 5 rings (SSSR count). The van der Waals surface area contributed by atoms with Gasteiger partial charge in [-0.25, -0.2) is 0 Å². The lowest BCUT2D eigenvalue weighted by Gasteiger charge is -2.42. The number of allylic oxidation sites excluding steroid dienone is 6. The number of amides is 2. The molecule has 34 heavy (non-hydrogen) atoms. The van der Waals surface area contributed by atoms with Gasteiger partial charge in [-0.05, 0) is 49.5 Å². The molecule has 174 valence electrons. The van der Waals surface area contributed by atoms with Gasteiger partial charge >= 0.3 is 5.97 Å². The maximum absolute atomic E-state index is 13.3. The van der Waals surface area contributed by atoms with Crippen LogP contribution in [0.5, 0.6) is 5.75 Å². The number of fused-ring (bicyclic) bond motifs is 3. The molecule has 1 aromatic rings. The normalized spacial score (nSPS) is 28.3. The lowest BCUT2D eigenvalue weighted by Crippen LogP contribution is -2.40. The van der Waals surface area contributed by atoms with Gasteiger partial charge in [-0.1, -0.05) is 23.8 Å². The number of likely N-dealkylation sites (tertiary alicyclic amines) is 1. The Bertz CT molecular complexity index is 1250. The summed E-state index contributed by atoms with van der Waals surface area (Å²) in [6.07, 6.45) is 3.41. The SMILES string of the molecule is CC1=CC(=O)C2=C(CC3C(=CCC4C(=O)N(CCC(=O)O)C(=O)C43)C2c2ccc(O)cc2)C1=O. The first-order valence-corrected chi connectivity index (χ1v) is 11.2. The molecule has 1 aliphatic heterocycles. The summed E-state index contributed by atoms with van der Waals surface area (Å²) in [6, 6.07) is 6.42. The summed E-state index contributed by atoms with van der Waals surface area (Å²) in [4.78, 5) is 64.6. The summed E-state index contributed by atoms with van der Waals surface area (Å²) in [5, 5.41) is 18.8. The molecule has 4 unspecified atom stereocenters.